The largest absolute Gasteiger partial charge is 0.493 e. The summed E-state index contributed by atoms with van der Waals surface area (Å²) in [6.07, 6.45) is 16.6. The van der Waals surface area contributed by atoms with Crippen LogP contribution in [0.4, 0.5) is 0 Å². The number of ether oxygens (including phenoxy) is 1. The maximum atomic E-state index is 11.0. The van der Waals surface area contributed by atoms with Crippen LogP contribution in [0.3, 0.4) is 0 Å². The molecule has 1 aliphatic rings. The third-order valence-electron chi connectivity index (χ3n) is 7.07. The van der Waals surface area contributed by atoms with E-state index in [0.29, 0.717) is 18.3 Å². The number of rotatable bonds is 20. The molecule has 0 saturated heterocycles. The van der Waals surface area contributed by atoms with Crippen molar-refractivity contribution in [3.8, 4) is 5.75 Å². The number of thioether (sulfide) groups is 1. The fourth-order valence-electron chi connectivity index (χ4n) is 5.06. The topological polar surface area (TPSA) is 87.0 Å². The van der Waals surface area contributed by atoms with Gasteiger partial charge in [-0.3, -0.25) is 4.79 Å². The zero-order chi connectivity index (χ0) is 25.3. The molecule has 0 aliphatic heterocycles. The lowest BCUT2D eigenvalue weighted by Gasteiger charge is -2.26. The second-order valence-electron chi connectivity index (χ2n) is 9.96. The van der Waals surface area contributed by atoms with Crippen LogP contribution in [0.2, 0.25) is 0 Å². The van der Waals surface area contributed by atoms with Gasteiger partial charge >= 0.3 is 5.97 Å². The number of carboxylic acid groups (broad SMARTS) is 1. The Morgan fingerprint density at radius 2 is 1.66 bits per heavy atom. The maximum absolute atomic E-state index is 11.0. The minimum absolute atomic E-state index is 0.0242. The molecule has 200 valence electrons. The predicted molar refractivity (Wildman–Crippen MR) is 146 cm³/mol. The molecule has 0 radical (unpaired) electrons. The van der Waals surface area contributed by atoms with E-state index in [9.17, 15) is 15.0 Å². The van der Waals surface area contributed by atoms with E-state index in [0.717, 1.165) is 37.0 Å². The van der Waals surface area contributed by atoms with Crippen molar-refractivity contribution in [2.45, 2.75) is 121 Å². The Hall–Kier alpha value is -1.24. The molecule has 1 aliphatic carbocycles. The van der Waals surface area contributed by atoms with Crippen LogP contribution in [0.15, 0.2) is 18.2 Å². The highest BCUT2D eigenvalue weighted by atomic mass is 32.2. The number of carbonyl (C=O) groups is 1. The van der Waals surface area contributed by atoms with E-state index in [1.54, 1.807) is 0 Å². The van der Waals surface area contributed by atoms with Crippen LogP contribution in [0.5, 0.6) is 5.75 Å². The third kappa shape index (κ3) is 11.1. The molecular formula is C29H48O5S. The second kappa shape index (κ2) is 18.1. The lowest BCUT2D eigenvalue weighted by atomic mass is 9.92. The van der Waals surface area contributed by atoms with Gasteiger partial charge in [0.1, 0.15) is 5.75 Å². The number of aliphatic hydroxyl groups excluding tert-OH is 2. The molecule has 0 spiro atoms. The van der Waals surface area contributed by atoms with Crippen LogP contribution in [0.25, 0.3) is 0 Å². The summed E-state index contributed by atoms with van der Waals surface area (Å²) >= 11 is 1.39. The van der Waals surface area contributed by atoms with Crippen molar-refractivity contribution in [1.82, 2.24) is 0 Å². The van der Waals surface area contributed by atoms with E-state index >= 15 is 0 Å². The molecule has 5 nitrogen and oxygen atoms in total. The van der Waals surface area contributed by atoms with E-state index in [2.05, 4.69) is 13.0 Å². The van der Waals surface area contributed by atoms with Gasteiger partial charge in [-0.05, 0) is 30.7 Å². The Morgan fingerprint density at radius 3 is 2.26 bits per heavy atom. The van der Waals surface area contributed by atoms with Crippen LogP contribution >= 0.6 is 11.8 Å². The molecule has 3 N–H and O–H groups in total. The number of aliphatic hydroxyl groups is 2. The summed E-state index contributed by atoms with van der Waals surface area (Å²) in [5, 5.41) is 28.9. The first kappa shape index (κ1) is 30.0. The highest BCUT2D eigenvalue weighted by Gasteiger charge is 2.29. The number of para-hydroxylation sites is 1. The molecule has 0 unspecified atom stereocenters. The van der Waals surface area contributed by atoms with Gasteiger partial charge in [0.2, 0.25) is 0 Å². The first-order valence-corrected chi connectivity index (χ1v) is 15.0. The summed E-state index contributed by atoms with van der Waals surface area (Å²) in [7, 11) is 0. The summed E-state index contributed by atoms with van der Waals surface area (Å²) in [6, 6.07) is 6.15. The summed E-state index contributed by atoms with van der Waals surface area (Å²) < 4.78 is 6.43. The van der Waals surface area contributed by atoms with Gasteiger partial charge in [-0.15, -0.1) is 0 Å². The summed E-state index contributed by atoms with van der Waals surface area (Å²) in [4.78, 5) is 11.0. The van der Waals surface area contributed by atoms with Gasteiger partial charge in [-0.1, -0.05) is 95.8 Å². The van der Waals surface area contributed by atoms with Gasteiger partial charge < -0.3 is 20.1 Å². The molecule has 6 heteroatoms. The van der Waals surface area contributed by atoms with E-state index < -0.39 is 17.3 Å². The average Bonchev–Trinajstić information content (AvgIpc) is 3.39. The average molecular weight is 509 g/mol. The molecule has 0 amide bonds. The third-order valence-corrected chi connectivity index (χ3v) is 8.44. The summed E-state index contributed by atoms with van der Waals surface area (Å²) in [5.74, 6) is 0.846. The Bertz CT molecular complexity index is 704. The molecular weight excluding hydrogens is 460 g/mol. The van der Waals surface area contributed by atoms with Gasteiger partial charge in [0.05, 0.1) is 31.0 Å². The lowest BCUT2D eigenvalue weighted by Crippen LogP contribution is -2.22. The molecule has 2 atom stereocenters. The molecule has 1 aromatic rings. The van der Waals surface area contributed by atoms with Crippen LogP contribution in [-0.4, -0.2) is 46.4 Å². The fourth-order valence-corrected chi connectivity index (χ4v) is 6.28. The van der Waals surface area contributed by atoms with Gasteiger partial charge in [-0.2, -0.15) is 11.8 Å². The van der Waals surface area contributed by atoms with Crippen LogP contribution in [0.1, 0.15) is 126 Å². The molecule has 1 aromatic carbocycles. The van der Waals surface area contributed by atoms with Crippen molar-refractivity contribution in [1.29, 1.82) is 0 Å². The van der Waals surface area contributed by atoms with Gasteiger partial charge in [0.15, 0.2) is 0 Å². The van der Waals surface area contributed by atoms with Crippen molar-refractivity contribution in [2.24, 2.45) is 0 Å². The van der Waals surface area contributed by atoms with Gasteiger partial charge in [-0.25, -0.2) is 0 Å². The summed E-state index contributed by atoms with van der Waals surface area (Å²) in [5.41, 5.74) is 2.10. The number of hydrogen-bond donors (Lipinski definition) is 3. The van der Waals surface area contributed by atoms with Gasteiger partial charge in [0, 0.05) is 11.3 Å². The Kier molecular flexibility index (Phi) is 15.5. The predicted octanol–water partition coefficient (Wildman–Crippen LogP) is 7.25. The summed E-state index contributed by atoms with van der Waals surface area (Å²) in [6.45, 7) is 2.54. The normalized spacial score (nSPS) is 15.9. The highest BCUT2D eigenvalue weighted by Crippen LogP contribution is 2.45. The SMILES string of the molecule is CCCCCCCCCCCCOc1c(C2CCCC2)cccc1[C@@H](SCCC(=O)O)[C@@H](O)CO. The van der Waals surface area contributed by atoms with Crippen molar-refractivity contribution in [2.75, 3.05) is 19.0 Å². The van der Waals surface area contributed by atoms with E-state index in [4.69, 9.17) is 9.84 Å². The molecule has 1 saturated carbocycles. The number of aliphatic carboxylic acids is 1. The van der Waals surface area contributed by atoms with E-state index in [1.807, 2.05) is 12.1 Å². The molecule has 0 heterocycles. The molecule has 1 fully saturated rings. The Balaban J connectivity index is 1.98. The molecule has 0 aromatic heterocycles. The standard InChI is InChI=1S/C29H48O5S/c1-2-3-4-5-6-7-8-9-10-13-20-34-28-24(23-15-11-12-16-23)17-14-18-25(28)29(26(31)22-30)35-21-19-27(32)33/h14,17-18,23,26,29-31H,2-13,15-16,19-22H2,1H3,(H,32,33)/t26-,29+/m0/s1. The fraction of sp³-hybridized carbons (Fsp3) is 0.759. The van der Waals surface area contributed by atoms with E-state index in [-0.39, 0.29) is 13.0 Å². The lowest BCUT2D eigenvalue weighted by molar-refractivity contribution is -0.136. The van der Waals surface area contributed by atoms with Crippen molar-refractivity contribution in [3.05, 3.63) is 29.3 Å². The number of hydrogen-bond acceptors (Lipinski definition) is 5. The second-order valence-corrected chi connectivity index (χ2v) is 11.2. The van der Waals surface area contributed by atoms with Crippen LogP contribution < -0.4 is 4.74 Å². The monoisotopic (exact) mass is 508 g/mol. The zero-order valence-electron chi connectivity index (χ0n) is 21.8. The van der Waals surface area contributed by atoms with Crippen LogP contribution in [0, 0.1) is 0 Å². The first-order valence-electron chi connectivity index (χ1n) is 14.0. The minimum atomic E-state index is -0.965. The zero-order valence-corrected chi connectivity index (χ0v) is 22.6. The van der Waals surface area contributed by atoms with Gasteiger partial charge in [0.25, 0.3) is 0 Å². The Morgan fingerprint density at radius 1 is 1.03 bits per heavy atom. The van der Waals surface area contributed by atoms with Crippen molar-refractivity contribution in [3.63, 3.8) is 0 Å². The number of unbranched alkanes of at least 4 members (excludes halogenated alkanes) is 9. The quantitative estimate of drug-likeness (QED) is 0.161. The van der Waals surface area contributed by atoms with E-state index in [1.165, 1.54) is 81.5 Å². The van der Waals surface area contributed by atoms with Crippen molar-refractivity contribution < 1.29 is 24.9 Å². The number of carboxylic acids is 1. The first-order chi connectivity index (χ1) is 17.1. The number of benzene rings is 1. The Labute approximate surface area is 217 Å². The highest BCUT2D eigenvalue weighted by molar-refractivity contribution is 7.99. The van der Waals surface area contributed by atoms with Crippen molar-refractivity contribution >= 4 is 17.7 Å². The molecule has 35 heavy (non-hydrogen) atoms. The smallest absolute Gasteiger partial charge is 0.304 e. The minimum Gasteiger partial charge on any atom is -0.493 e. The molecule has 2 rings (SSSR count). The van der Waals surface area contributed by atoms with Crippen LogP contribution in [-0.2, 0) is 4.79 Å². The maximum Gasteiger partial charge on any atom is 0.304 e. The molecule has 0 bridgehead atoms.